The van der Waals surface area contributed by atoms with Crippen molar-refractivity contribution >= 4 is 11.9 Å². The van der Waals surface area contributed by atoms with Gasteiger partial charge in [-0.3, -0.25) is 9.59 Å². The number of carboxylic acids is 1. The van der Waals surface area contributed by atoms with E-state index in [-0.39, 0.29) is 17.7 Å². The fourth-order valence-corrected chi connectivity index (χ4v) is 3.91. The average molecular weight is 317 g/mol. The van der Waals surface area contributed by atoms with Crippen LogP contribution in [0.2, 0.25) is 0 Å². The van der Waals surface area contributed by atoms with Crippen LogP contribution < -0.4 is 4.74 Å². The number of hydrogen-bond donors (Lipinski definition) is 1. The van der Waals surface area contributed by atoms with Gasteiger partial charge in [0, 0.05) is 24.9 Å². The number of aliphatic carboxylic acids is 1. The third-order valence-electron chi connectivity index (χ3n) is 5.21. The zero-order valence-electron chi connectivity index (χ0n) is 13.4. The van der Waals surface area contributed by atoms with E-state index in [4.69, 9.17) is 9.84 Å². The maximum absolute atomic E-state index is 12.6. The van der Waals surface area contributed by atoms with E-state index in [0.717, 1.165) is 24.3 Å². The number of methoxy groups -OCH3 is 1. The molecule has 1 N–H and O–H groups in total. The molecule has 2 aliphatic rings. The van der Waals surface area contributed by atoms with E-state index in [0.29, 0.717) is 31.7 Å². The molecule has 0 radical (unpaired) electrons. The highest BCUT2D eigenvalue weighted by Crippen LogP contribution is 2.37. The van der Waals surface area contributed by atoms with Gasteiger partial charge in [0.1, 0.15) is 5.75 Å². The average Bonchev–Trinajstić information content (AvgIpc) is 3.23. The maximum Gasteiger partial charge on any atom is 0.306 e. The third kappa shape index (κ3) is 3.19. The molecule has 1 aliphatic heterocycles. The largest absolute Gasteiger partial charge is 0.496 e. The molecule has 0 spiro atoms. The summed E-state index contributed by atoms with van der Waals surface area (Å²) < 4.78 is 5.42. The monoisotopic (exact) mass is 317 g/mol. The van der Waals surface area contributed by atoms with Crippen LogP contribution in [0.1, 0.15) is 37.2 Å². The molecule has 3 rings (SSSR count). The van der Waals surface area contributed by atoms with Crippen molar-refractivity contribution in [1.29, 1.82) is 0 Å². The van der Waals surface area contributed by atoms with E-state index in [1.165, 1.54) is 0 Å². The molecule has 0 bridgehead atoms. The van der Waals surface area contributed by atoms with Gasteiger partial charge >= 0.3 is 5.97 Å². The Morgan fingerprint density at radius 1 is 1.17 bits per heavy atom. The van der Waals surface area contributed by atoms with E-state index >= 15 is 0 Å². The first-order valence-corrected chi connectivity index (χ1v) is 8.24. The first kappa shape index (κ1) is 15.8. The normalized spacial score (nSPS) is 27.2. The van der Waals surface area contributed by atoms with E-state index < -0.39 is 5.97 Å². The Bertz CT molecular complexity index is 600. The second-order valence-corrected chi connectivity index (χ2v) is 6.56. The first-order valence-electron chi connectivity index (χ1n) is 8.24. The molecule has 1 amide bonds. The topological polar surface area (TPSA) is 66.8 Å². The number of likely N-dealkylation sites (tertiary alicyclic amines) is 1. The summed E-state index contributed by atoms with van der Waals surface area (Å²) in [6.45, 7) is 1.45. The van der Waals surface area contributed by atoms with Crippen LogP contribution in [0.15, 0.2) is 24.3 Å². The summed E-state index contributed by atoms with van der Waals surface area (Å²) in [5.74, 6) is 0.0641. The maximum atomic E-state index is 12.6. The molecule has 1 unspecified atom stereocenters. The minimum Gasteiger partial charge on any atom is -0.496 e. The highest BCUT2D eigenvalue weighted by Gasteiger charge is 2.38. The quantitative estimate of drug-likeness (QED) is 0.926. The Kier molecular flexibility index (Phi) is 4.55. The molecule has 1 aliphatic carbocycles. The van der Waals surface area contributed by atoms with Crippen LogP contribution in [0, 0.1) is 11.8 Å². The van der Waals surface area contributed by atoms with Gasteiger partial charge in [-0.05, 0) is 37.3 Å². The predicted octanol–water partition coefficient (Wildman–Crippen LogP) is 2.51. The van der Waals surface area contributed by atoms with Gasteiger partial charge in [-0.25, -0.2) is 0 Å². The highest BCUT2D eigenvalue weighted by molar-refractivity contribution is 5.81. The van der Waals surface area contributed by atoms with Crippen molar-refractivity contribution in [2.75, 3.05) is 20.2 Å². The second kappa shape index (κ2) is 6.60. The van der Waals surface area contributed by atoms with Gasteiger partial charge in [0.2, 0.25) is 5.91 Å². The Hall–Kier alpha value is -2.04. The van der Waals surface area contributed by atoms with Crippen molar-refractivity contribution in [3.05, 3.63) is 29.8 Å². The van der Waals surface area contributed by atoms with Crippen LogP contribution in [0.3, 0.4) is 0 Å². The Labute approximate surface area is 136 Å². The number of amides is 1. The summed E-state index contributed by atoms with van der Waals surface area (Å²) in [6, 6.07) is 7.96. The molecule has 3 atom stereocenters. The lowest BCUT2D eigenvalue weighted by Gasteiger charge is -2.21. The molecule has 1 aromatic carbocycles. The summed E-state index contributed by atoms with van der Waals surface area (Å²) in [5, 5.41) is 9.09. The van der Waals surface area contributed by atoms with Gasteiger partial charge in [-0.15, -0.1) is 0 Å². The fourth-order valence-electron chi connectivity index (χ4n) is 3.91. The number of carbonyl (C=O) groups is 2. The van der Waals surface area contributed by atoms with E-state index in [1.54, 1.807) is 7.11 Å². The molecule has 1 heterocycles. The van der Waals surface area contributed by atoms with Gasteiger partial charge in [0.05, 0.1) is 13.0 Å². The smallest absolute Gasteiger partial charge is 0.306 e. The van der Waals surface area contributed by atoms with E-state index in [1.807, 2.05) is 23.1 Å². The van der Waals surface area contributed by atoms with Crippen LogP contribution in [0.25, 0.3) is 0 Å². The standard InChI is InChI=1S/C18H23NO4/c1-23-16-5-3-2-4-15(16)14-8-9-19(11-14)17(20)12-6-7-13(10-12)18(21)22/h2-5,12-14H,6-11H2,1H3,(H,21,22)/t12-,13+,14?/m1/s1. The van der Waals surface area contributed by atoms with Crippen LogP contribution >= 0.6 is 0 Å². The zero-order chi connectivity index (χ0) is 16.4. The molecule has 0 aromatic heterocycles. The van der Waals surface area contributed by atoms with Gasteiger partial charge in [0.25, 0.3) is 0 Å². The Balaban J connectivity index is 1.64. The van der Waals surface area contributed by atoms with Crippen LogP contribution in [-0.2, 0) is 9.59 Å². The Morgan fingerprint density at radius 3 is 2.61 bits per heavy atom. The van der Waals surface area contributed by atoms with Crippen LogP contribution in [-0.4, -0.2) is 42.1 Å². The molecule has 1 saturated carbocycles. The summed E-state index contributed by atoms with van der Waals surface area (Å²) in [5.41, 5.74) is 1.15. The van der Waals surface area contributed by atoms with E-state index in [9.17, 15) is 9.59 Å². The molecule has 5 heteroatoms. The summed E-state index contributed by atoms with van der Waals surface area (Å²) in [7, 11) is 1.67. The van der Waals surface area contributed by atoms with Gasteiger partial charge in [-0.2, -0.15) is 0 Å². The number of nitrogens with zero attached hydrogens (tertiary/aromatic N) is 1. The summed E-state index contributed by atoms with van der Waals surface area (Å²) in [4.78, 5) is 25.6. The van der Waals surface area contributed by atoms with Gasteiger partial charge in [-0.1, -0.05) is 18.2 Å². The summed E-state index contributed by atoms with van der Waals surface area (Å²) >= 11 is 0. The number of hydrogen-bond acceptors (Lipinski definition) is 3. The summed E-state index contributed by atoms with van der Waals surface area (Å²) in [6.07, 6.45) is 2.74. The van der Waals surface area contributed by atoms with Crippen molar-refractivity contribution in [3.8, 4) is 5.75 Å². The van der Waals surface area contributed by atoms with Crippen molar-refractivity contribution in [2.24, 2.45) is 11.8 Å². The van der Waals surface area contributed by atoms with Crippen molar-refractivity contribution < 1.29 is 19.4 Å². The third-order valence-corrected chi connectivity index (χ3v) is 5.21. The number of ether oxygens (including phenoxy) is 1. The molecule has 23 heavy (non-hydrogen) atoms. The number of rotatable bonds is 4. The molecule has 1 aromatic rings. The lowest BCUT2D eigenvalue weighted by Crippen LogP contribution is -2.33. The number of carboxylic acid groups (broad SMARTS) is 1. The Morgan fingerprint density at radius 2 is 1.91 bits per heavy atom. The first-order chi connectivity index (χ1) is 11.1. The zero-order valence-corrected chi connectivity index (χ0v) is 13.4. The number of benzene rings is 1. The van der Waals surface area contributed by atoms with Gasteiger partial charge < -0.3 is 14.7 Å². The van der Waals surface area contributed by atoms with Crippen molar-refractivity contribution in [1.82, 2.24) is 4.90 Å². The molecule has 1 saturated heterocycles. The van der Waals surface area contributed by atoms with Crippen molar-refractivity contribution in [2.45, 2.75) is 31.6 Å². The van der Waals surface area contributed by atoms with Crippen LogP contribution in [0.4, 0.5) is 0 Å². The molecule has 2 fully saturated rings. The second-order valence-electron chi connectivity index (χ2n) is 6.56. The molecular formula is C18H23NO4. The minimum absolute atomic E-state index is 0.118. The van der Waals surface area contributed by atoms with Crippen LogP contribution in [0.5, 0.6) is 5.75 Å². The number of carbonyl (C=O) groups excluding carboxylic acids is 1. The van der Waals surface area contributed by atoms with Crippen molar-refractivity contribution in [3.63, 3.8) is 0 Å². The minimum atomic E-state index is -0.770. The fraction of sp³-hybridized carbons (Fsp3) is 0.556. The SMILES string of the molecule is COc1ccccc1C1CCN(C(=O)[C@@H]2CC[C@H](C(=O)O)C2)C1. The van der Waals surface area contributed by atoms with E-state index in [2.05, 4.69) is 6.07 Å². The lowest BCUT2D eigenvalue weighted by atomic mass is 9.97. The molecule has 124 valence electrons. The molecular weight excluding hydrogens is 294 g/mol. The predicted molar refractivity (Wildman–Crippen MR) is 85.4 cm³/mol. The lowest BCUT2D eigenvalue weighted by molar-refractivity contribution is -0.141. The highest BCUT2D eigenvalue weighted by atomic mass is 16.5. The van der Waals surface area contributed by atoms with Gasteiger partial charge in [0.15, 0.2) is 0 Å². The molecule has 5 nitrogen and oxygen atoms in total. The number of para-hydroxylation sites is 1.